The maximum atomic E-state index is 11.8. The molecule has 2 rings (SSSR count). The second kappa shape index (κ2) is 6.99. The Labute approximate surface area is 133 Å². The summed E-state index contributed by atoms with van der Waals surface area (Å²) >= 11 is 6.95. The normalized spacial score (nSPS) is 10.6. The van der Waals surface area contributed by atoms with Crippen LogP contribution in [0.15, 0.2) is 27.5 Å². The number of H-pyrrole nitrogens is 1. The Morgan fingerprint density at radius 1 is 1.25 bits per heavy atom. The standard InChI is InChI=1S/C13H13Br2N3O2/c1-2-20-13(19)9-5-17-18-12(9)4-3-8-10(14)6-16-7-11(8)15/h5-7H,2-4H2,1H3,(H,17,18). The van der Waals surface area contributed by atoms with Crippen LogP contribution in [0, 0.1) is 0 Å². The van der Waals surface area contributed by atoms with E-state index in [1.54, 1.807) is 19.3 Å². The number of rotatable bonds is 5. The number of aromatic nitrogens is 3. The number of aryl methyl sites for hydroxylation is 1. The van der Waals surface area contributed by atoms with Gasteiger partial charge in [0.15, 0.2) is 0 Å². The zero-order valence-corrected chi connectivity index (χ0v) is 14.0. The Morgan fingerprint density at radius 3 is 2.60 bits per heavy atom. The van der Waals surface area contributed by atoms with Crippen molar-refractivity contribution in [2.75, 3.05) is 6.61 Å². The summed E-state index contributed by atoms with van der Waals surface area (Å²) in [6.45, 7) is 2.13. The van der Waals surface area contributed by atoms with Gasteiger partial charge < -0.3 is 4.74 Å². The molecule has 20 heavy (non-hydrogen) atoms. The molecule has 2 aromatic heterocycles. The van der Waals surface area contributed by atoms with Crippen LogP contribution in [0.1, 0.15) is 28.5 Å². The van der Waals surface area contributed by atoms with Gasteiger partial charge in [-0.15, -0.1) is 0 Å². The van der Waals surface area contributed by atoms with Crippen molar-refractivity contribution in [2.24, 2.45) is 0 Å². The van der Waals surface area contributed by atoms with Crippen LogP contribution in [0.25, 0.3) is 0 Å². The number of hydrogen-bond donors (Lipinski definition) is 1. The van der Waals surface area contributed by atoms with Gasteiger partial charge >= 0.3 is 5.97 Å². The highest BCUT2D eigenvalue weighted by Crippen LogP contribution is 2.25. The van der Waals surface area contributed by atoms with Crippen molar-refractivity contribution in [3.8, 4) is 0 Å². The van der Waals surface area contributed by atoms with E-state index in [-0.39, 0.29) is 5.97 Å². The molecule has 106 valence electrons. The maximum absolute atomic E-state index is 11.8. The van der Waals surface area contributed by atoms with Gasteiger partial charge in [0, 0.05) is 21.3 Å². The van der Waals surface area contributed by atoms with Gasteiger partial charge in [-0.25, -0.2) is 4.79 Å². The number of carbonyl (C=O) groups is 1. The first-order valence-corrected chi connectivity index (χ1v) is 7.69. The van der Waals surface area contributed by atoms with E-state index in [4.69, 9.17) is 4.74 Å². The maximum Gasteiger partial charge on any atom is 0.341 e. The topological polar surface area (TPSA) is 67.9 Å². The molecule has 2 heterocycles. The van der Waals surface area contributed by atoms with Gasteiger partial charge in [-0.3, -0.25) is 10.1 Å². The van der Waals surface area contributed by atoms with Crippen LogP contribution in [0.3, 0.4) is 0 Å². The minimum absolute atomic E-state index is 0.343. The molecule has 0 aliphatic rings. The number of halogens is 2. The van der Waals surface area contributed by atoms with Crippen LogP contribution in [0.5, 0.6) is 0 Å². The Bertz CT molecular complexity index is 593. The van der Waals surface area contributed by atoms with Gasteiger partial charge in [-0.1, -0.05) is 0 Å². The number of hydrogen-bond acceptors (Lipinski definition) is 4. The molecular formula is C13H13Br2N3O2. The molecule has 0 spiro atoms. The largest absolute Gasteiger partial charge is 0.462 e. The summed E-state index contributed by atoms with van der Waals surface area (Å²) in [4.78, 5) is 15.8. The highest BCUT2D eigenvalue weighted by molar-refractivity contribution is 9.11. The number of nitrogens with zero attached hydrogens (tertiary/aromatic N) is 2. The lowest BCUT2D eigenvalue weighted by Crippen LogP contribution is -2.07. The van der Waals surface area contributed by atoms with Crippen LogP contribution < -0.4 is 0 Å². The van der Waals surface area contributed by atoms with Crippen molar-refractivity contribution >= 4 is 37.8 Å². The summed E-state index contributed by atoms with van der Waals surface area (Å²) in [6.07, 6.45) is 6.41. The molecule has 0 unspecified atom stereocenters. The molecule has 0 fully saturated rings. The van der Waals surface area contributed by atoms with Crippen LogP contribution >= 0.6 is 31.9 Å². The van der Waals surface area contributed by atoms with E-state index in [1.165, 1.54) is 6.20 Å². The van der Waals surface area contributed by atoms with Crippen molar-refractivity contribution in [3.05, 3.63) is 44.4 Å². The van der Waals surface area contributed by atoms with E-state index in [0.717, 1.165) is 26.6 Å². The highest BCUT2D eigenvalue weighted by Gasteiger charge is 2.15. The molecule has 0 aromatic carbocycles. The van der Waals surface area contributed by atoms with E-state index in [1.807, 2.05) is 0 Å². The number of nitrogens with one attached hydrogen (secondary N) is 1. The first kappa shape index (κ1) is 15.2. The molecule has 0 atom stereocenters. The summed E-state index contributed by atoms with van der Waals surface area (Å²) in [5.74, 6) is -0.343. The zero-order chi connectivity index (χ0) is 14.5. The Hall–Kier alpha value is -1.21. The number of esters is 1. The molecule has 0 amide bonds. The van der Waals surface area contributed by atoms with Gasteiger partial charge in [0.25, 0.3) is 0 Å². The average molecular weight is 403 g/mol. The fourth-order valence-electron chi connectivity index (χ4n) is 1.82. The predicted octanol–water partition coefficient (Wildman–Crippen LogP) is 3.29. The molecule has 0 aliphatic carbocycles. The minimum Gasteiger partial charge on any atom is -0.462 e. The van der Waals surface area contributed by atoms with Crippen LogP contribution in [0.4, 0.5) is 0 Å². The molecule has 1 N–H and O–H groups in total. The third-order valence-corrected chi connectivity index (χ3v) is 4.16. The van der Waals surface area contributed by atoms with Crippen molar-refractivity contribution in [1.29, 1.82) is 0 Å². The van der Waals surface area contributed by atoms with Crippen LogP contribution in [-0.4, -0.2) is 27.8 Å². The van der Waals surface area contributed by atoms with Crippen LogP contribution in [0.2, 0.25) is 0 Å². The van der Waals surface area contributed by atoms with E-state index in [9.17, 15) is 4.79 Å². The third-order valence-electron chi connectivity index (χ3n) is 2.79. The van der Waals surface area contributed by atoms with Gasteiger partial charge in [-0.2, -0.15) is 5.10 Å². The van der Waals surface area contributed by atoms with E-state index < -0.39 is 0 Å². The summed E-state index contributed by atoms with van der Waals surface area (Å²) in [7, 11) is 0. The van der Waals surface area contributed by atoms with Crippen molar-refractivity contribution in [2.45, 2.75) is 19.8 Å². The average Bonchev–Trinajstić information content (AvgIpc) is 2.87. The van der Waals surface area contributed by atoms with E-state index >= 15 is 0 Å². The third kappa shape index (κ3) is 3.46. The summed E-state index contributed by atoms with van der Waals surface area (Å²) in [5.41, 5.74) is 2.37. The second-order valence-corrected chi connectivity index (χ2v) is 5.77. The molecule has 0 saturated heterocycles. The minimum atomic E-state index is -0.343. The summed E-state index contributed by atoms with van der Waals surface area (Å²) < 4.78 is 6.87. The quantitative estimate of drug-likeness (QED) is 0.779. The first-order valence-electron chi connectivity index (χ1n) is 6.10. The molecule has 5 nitrogen and oxygen atoms in total. The lowest BCUT2D eigenvalue weighted by Gasteiger charge is -2.07. The van der Waals surface area contributed by atoms with Gasteiger partial charge in [0.2, 0.25) is 0 Å². The van der Waals surface area contributed by atoms with Crippen molar-refractivity contribution in [1.82, 2.24) is 15.2 Å². The highest BCUT2D eigenvalue weighted by atomic mass is 79.9. The van der Waals surface area contributed by atoms with Gasteiger partial charge in [-0.05, 0) is 57.2 Å². The number of carbonyl (C=O) groups excluding carboxylic acids is 1. The van der Waals surface area contributed by atoms with Crippen molar-refractivity contribution < 1.29 is 9.53 Å². The van der Waals surface area contributed by atoms with Gasteiger partial charge in [0.1, 0.15) is 5.56 Å². The summed E-state index contributed by atoms with van der Waals surface area (Å²) in [6, 6.07) is 0. The number of ether oxygens (including phenoxy) is 1. The Morgan fingerprint density at radius 2 is 1.95 bits per heavy atom. The fraction of sp³-hybridized carbons (Fsp3) is 0.308. The Balaban J connectivity index is 2.12. The number of pyridine rings is 1. The van der Waals surface area contributed by atoms with E-state index in [2.05, 4.69) is 47.0 Å². The van der Waals surface area contributed by atoms with Gasteiger partial charge in [0.05, 0.1) is 18.5 Å². The number of aromatic amines is 1. The smallest absolute Gasteiger partial charge is 0.341 e. The first-order chi connectivity index (χ1) is 9.63. The fourth-order valence-corrected chi connectivity index (χ4v) is 3.14. The van der Waals surface area contributed by atoms with Crippen molar-refractivity contribution in [3.63, 3.8) is 0 Å². The molecule has 7 heteroatoms. The summed E-state index contributed by atoms with van der Waals surface area (Å²) in [5, 5.41) is 6.78. The molecule has 0 aliphatic heterocycles. The Kier molecular flexibility index (Phi) is 5.31. The predicted molar refractivity (Wildman–Crippen MR) is 81.6 cm³/mol. The zero-order valence-electron chi connectivity index (χ0n) is 10.8. The van der Waals surface area contributed by atoms with E-state index in [0.29, 0.717) is 18.6 Å². The second-order valence-electron chi connectivity index (χ2n) is 4.06. The SMILES string of the molecule is CCOC(=O)c1cn[nH]c1CCc1c(Br)cncc1Br. The monoisotopic (exact) mass is 401 g/mol. The molecule has 0 radical (unpaired) electrons. The lowest BCUT2D eigenvalue weighted by molar-refractivity contribution is 0.0525. The molecule has 0 saturated carbocycles. The molecule has 0 bridgehead atoms. The molecule has 2 aromatic rings. The molecular weight excluding hydrogens is 390 g/mol. The lowest BCUT2D eigenvalue weighted by atomic mass is 10.1. The van der Waals surface area contributed by atoms with Crippen LogP contribution in [-0.2, 0) is 17.6 Å².